The van der Waals surface area contributed by atoms with Crippen molar-refractivity contribution in [2.75, 3.05) is 19.7 Å². The minimum atomic E-state index is -0.0123. The van der Waals surface area contributed by atoms with E-state index in [0.717, 1.165) is 25.3 Å². The van der Waals surface area contributed by atoms with E-state index in [4.69, 9.17) is 4.74 Å². The largest absolute Gasteiger partial charge is 0.494 e. The van der Waals surface area contributed by atoms with E-state index < -0.39 is 0 Å². The first-order chi connectivity index (χ1) is 8.29. The molecule has 1 heterocycles. The smallest absolute Gasteiger partial charge is 0.251 e. The van der Waals surface area contributed by atoms with Gasteiger partial charge in [0.25, 0.3) is 5.91 Å². The lowest BCUT2D eigenvalue weighted by Crippen LogP contribution is -2.36. The first-order valence-corrected chi connectivity index (χ1v) is 6.04. The van der Waals surface area contributed by atoms with Gasteiger partial charge in [-0.05, 0) is 44.2 Å². The van der Waals surface area contributed by atoms with Crippen LogP contribution in [-0.4, -0.2) is 31.6 Å². The summed E-state index contributed by atoms with van der Waals surface area (Å²) in [6, 6.07) is 7.50. The zero-order chi connectivity index (χ0) is 12.1. The minimum absolute atomic E-state index is 0.0123. The molecule has 17 heavy (non-hydrogen) atoms. The molecule has 1 atom stereocenters. The third kappa shape index (κ3) is 3.20. The molecule has 1 amide bonds. The maximum absolute atomic E-state index is 11.9. The van der Waals surface area contributed by atoms with E-state index in [1.807, 2.05) is 19.1 Å². The number of ether oxygens (including phenoxy) is 1. The molecule has 1 unspecified atom stereocenters. The molecular weight excluding hydrogens is 216 g/mol. The second kappa shape index (κ2) is 5.68. The molecular formula is C13H18N2O2. The van der Waals surface area contributed by atoms with Gasteiger partial charge in [0.05, 0.1) is 6.61 Å². The fourth-order valence-electron chi connectivity index (χ4n) is 1.92. The Kier molecular flexibility index (Phi) is 3.98. The van der Waals surface area contributed by atoms with E-state index in [0.29, 0.717) is 12.2 Å². The lowest BCUT2D eigenvalue weighted by Gasteiger charge is -2.11. The van der Waals surface area contributed by atoms with Crippen LogP contribution in [0.4, 0.5) is 0 Å². The Morgan fingerprint density at radius 1 is 1.47 bits per heavy atom. The second-order valence-corrected chi connectivity index (χ2v) is 4.12. The van der Waals surface area contributed by atoms with Crippen molar-refractivity contribution < 1.29 is 9.53 Å². The van der Waals surface area contributed by atoms with Gasteiger partial charge in [0, 0.05) is 18.2 Å². The van der Waals surface area contributed by atoms with E-state index in [2.05, 4.69) is 10.6 Å². The highest BCUT2D eigenvalue weighted by molar-refractivity contribution is 5.94. The average molecular weight is 234 g/mol. The van der Waals surface area contributed by atoms with Crippen LogP contribution in [0.25, 0.3) is 0 Å². The van der Waals surface area contributed by atoms with Crippen molar-refractivity contribution in [2.45, 2.75) is 19.4 Å². The maximum Gasteiger partial charge on any atom is 0.251 e. The fourth-order valence-corrected chi connectivity index (χ4v) is 1.92. The third-order valence-electron chi connectivity index (χ3n) is 2.82. The molecule has 1 fully saturated rings. The van der Waals surface area contributed by atoms with Gasteiger partial charge in [-0.3, -0.25) is 4.79 Å². The van der Waals surface area contributed by atoms with Crippen LogP contribution in [-0.2, 0) is 0 Å². The number of benzene rings is 1. The Labute approximate surface area is 101 Å². The lowest BCUT2D eigenvalue weighted by atomic mass is 10.2. The molecule has 1 aromatic carbocycles. The van der Waals surface area contributed by atoms with E-state index in [1.165, 1.54) is 0 Å². The summed E-state index contributed by atoms with van der Waals surface area (Å²) in [5.74, 6) is 0.785. The van der Waals surface area contributed by atoms with Crippen LogP contribution in [0.5, 0.6) is 5.75 Å². The molecule has 2 N–H and O–H groups in total. The normalized spacial score (nSPS) is 19.0. The number of hydrogen-bond donors (Lipinski definition) is 2. The average Bonchev–Trinajstić information content (AvgIpc) is 2.83. The Bertz CT molecular complexity index is 370. The molecule has 4 nitrogen and oxygen atoms in total. The topological polar surface area (TPSA) is 50.4 Å². The summed E-state index contributed by atoms with van der Waals surface area (Å²) in [4.78, 5) is 11.9. The van der Waals surface area contributed by atoms with Crippen LogP contribution in [0.3, 0.4) is 0 Å². The summed E-state index contributed by atoms with van der Waals surface area (Å²) in [6.07, 6.45) is 1.00. The molecule has 0 saturated carbocycles. The van der Waals surface area contributed by atoms with Gasteiger partial charge >= 0.3 is 0 Å². The second-order valence-electron chi connectivity index (χ2n) is 4.12. The van der Waals surface area contributed by atoms with Gasteiger partial charge in [-0.2, -0.15) is 0 Å². The van der Waals surface area contributed by atoms with Crippen molar-refractivity contribution >= 4 is 5.91 Å². The number of carbonyl (C=O) groups is 1. The quantitative estimate of drug-likeness (QED) is 0.822. The van der Waals surface area contributed by atoms with Crippen molar-refractivity contribution in [1.82, 2.24) is 10.6 Å². The molecule has 2 rings (SSSR count). The predicted octanol–water partition coefficient (Wildman–Crippen LogP) is 1.18. The predicted molar refractivity (Wildman–Crippen MR) is 66.4 cm³/mol. The van der Waals surface area contributed by atoms with E-state index in [1.54, 1.807) is 12.1 Å². The van der Waals surface area contributed by atoms with Crippen molar-refractivity contribution in [2.24, 2.45) is 0 Å². The molecule has 0 radical (unpaired) electrons. The lowest BCUT2D eigenvalue weighted by molar-refractivity contribution is 0.0940. The molecule has 0 aromatic heterocycles. The van der Waals surface area contributed by atoms with Gasteiger partial charge in [0.1, 0.15) is 5.75 Å². The standard InChI is InChI=1S/C13H18N2O2/c1-2-17-12-5-3-10(4-6-12)13(16)15-11-7-8-14-9-11/h3-6,11,14H,2,7-9H2,1H3,(H,15,16). The Balaban J connectivity index is 1.93. The highest BCUT2D eigenvalue weighted by Crippen LogP contribution is 2.12. The van der Waals surface area contributed by atoms with Crippen LogP contribution in [0.1, 0.15) is 23.7 Å². The molecule has 0 bridgehead atoms. The molecule has 92 valence electrons. The number of hydrogen-bond acceptors (Lipinski definition) is 3. The minimum Gasteiger partial charge on any atom is -0.494 e. The summed E-state index contributed by atoms with van der Waals surface area (Å²) >= 11 is 0. The van der Waals surface area contributed by atoms with Crippen LogP contribution < -0.4 is 15.4 Å². The van der Waals surface area contributed by atoms with Gasteiger partial charge in [-0.1, -0.05) is 0 Å². The zero-order valence-electron chi connectivity index (χ0n) is 10.0. The molecule has 1 aliphatic heterocycles. The fraction of sp³-hybridized carbons (Fsp3) is 0.462. The maximum atomic E-state index is 11.9. The monoisotopic (exact) mass is 234 g/mol. The highest BCUT2D eigenvalue weighted by Gasteiger charge is 2.17. The summed E-state index contributed by atoms with van der Waals surface area (Å²) in [5.41, 5.74) is 0.681. The van der Waals surface area contributed by atoms with Gasteiger partial charge in [-0.25, -0.2) is 0 Å². The SMILES string of the molecule is CCOc1ccc(C(=O)NC2CCNC2)cc1. The highest BCUT2D eigenvalue weighted by atomic mass is 16.5. The molecule has 1 aliphatic rings. The summed E-state index contributed by atoms with van der Waals surface area (Å²) in [6.45, 7) is 4.42. The molecule has 1 aromatic rings. The van der Waals surface area contributed by atoms with Crippen molar-refractivity contribution in [3.05, 3.63) is 29.8 Å². The van der Waals surface area contributed by atoms with Gasteiger partial charge < -0.3 is 15.4 Å². The molecule has 0 spiro atoms. The van der Waals surface area contributed by atoms with Crippen LogP contribution in [0.15, 0.2) is 24.3 Å². The third-order valence-corrected chi connectivity index (χ3v) is 2.82. The zero-order valence-corrected chi connectivity index (χ0v) is 10.0. The Morgan fingerprint density at radius 3 is 2.82 bits per heavy atom. The molecule has 4 heteroatoms. The summed E-state index contributed by atoms with van der Waals surface area (Å²) in [7, 11) is 0. The van der Waals surface area contributed by atoms with E-state index in [-0.39, 0.29) is 11.9 Å². The van der Waals surface area contributed by atoms with Gasteiger partial charge in [0.2, 0.25) is 0 Å². The van der Waals surface area contributed by atoms with Crippen LogP contribution in [0.2, 0.25) is 0 Å². The van der Waals surface area contributed by atoms with E-state index in [9.17, 15) is 4.79 Å². The van der Waals surface area contributed by atoms with Crippen LogP contribution in [0, 0.1) is 0 Å². The van der Waals surface area contributed by atoms with Crippen molar-refractivity contribution in [1.29, 1.82) is 0 Å². The molecule has 1 saturated heterocycles. The number of amides is 1. The Hall–Kier alpha value is -1.55. The van der Waals surface area contributed by atoms with Crippen LogP contribution >= 0.6 is 0 Å². The van der Waals surface area contributed by atoms with Gasteiger partial charge in [-0.15, -0.1) is 0 Å². The number of rotatable bonds is 4. The Morgan fingerprint density at radius 2 is 2.24 bits per heavy atom. The van der Waals surface area contributed by atoms with Crippen molar-refractivity contribution in [3.8, 4) is 5.75 Å². The summed E-state index contributed by atoms with van der Waals surface area (Å²) in [5, 5.41) is 6.22. The number of carbonyl (C=O) groups excluding carboxylic acids is 1. The first kappa shape index (κ1) is 11.9. The first-order valence-electron chi connectivity index (χ1n) is 6.04. The molecule has 0 aliphatic carbocycles. The van der Waals surface area contributed by atoms with E-state index >= 15 is 0 Å². The number of nitrogens with one attached hydrogen (secondary N) is 2. The van der Waals surface area contributed by atoms with Crippen molar-refractivity contribution in [3.63, 3.8) is 0 Å². The van der Waals surface area contributed by atoms with Gasteiger partial charge in [0.15, 0.2) is 0 Å². The summed E-state index contributed by atoms with van der Waals surface area (Å²) < 4.78 is 5.33.